The van der Waals surface area contributed by atoms with Crippen LogP contribution in [-0.4, -0.2) is 10.9 Å². The fourth-order valence-corrected chi connectivity index (χ4v) is 1.44. The van der Waals surface area contributed by atoms with Crippen molar-refractivity contribution in [2.24, 2.45) is 5.84 Å². The molecule has 0 aliphatic carbocycles. The first-order chi connectivity index (χ1) is 9.08. The van der Waals surface area contributed by atoms with Gasteiger partial charge in [0.15, 0.2) is 0 Å². The molecule has 4 N–H and O–H groups in total. The highest BCUT2D eigenvalue weighted by molar-refractivity contribution is 6.04. The van der Waals surface area contributed by atoms with Crippen molar-refractivity contribution >= 4 is 17.4 Å². The number of nitrogen functional groups attached to an aromatic ring is 1. The number of carbonyl (C=O) groups is 1. The van der Waals surface area contributed by atoms with Crippen molar-refractivity contribution in [3.05, 3.63) is 53.7 Å². The second-order valence-corrected chi connectivity index (χ2v) is 3.69. The lowest BCUT2D eigenvalue weighted by molar-refractivity contribution is 0.102. The molecule has 1 amide bonds. The van der Waals surface area contributed by atoms with E-state index in [0.29, 0.717) is 5.82 Å². The van der Waals surface area contributed by atoms with Crippen molar-refractivity contribution in [2.45, 2.75) is 0 Å². The third-order valence-corrected chi connectivity index (χ3v) is 2.29. The zero-order chi connectivity index (χ0) is 13.8. The average Bonchev–Trinajstić information content (AvgIpc) is 2.37. The molecular formula is C12H10F2N4O. The molecule has 1 heterocycles. The van der Waals surface area contributed by atoms with E-state index >= 15 is 0 Å². The molecule has 5 nitrogen and oxygen atoms in total. The predicted octanol–water partition coefficient (Wildman–Crippen LogP) is 1.90. The number of hydrazine groups is 1. The first-order valence-electron chi connectivity index (χ1n) is 5.28. The number of carbonyl (C=O) groups excluding carboxylic acids is 1. The summed E-state index contributed by atoms with van der Waals surface area (Å²) in [6.07, 6.45) is 1.29. The quantitative estimate of drug-likeness (QED) is 0.584. The normalized spacial score (nSPS) is 10.1. The zero-order valence-electron chi connectivity index (χ0n) is 9.65. The Kier molecular flexibility index (Phi) is 3.67. The Hall–Kier alpha value is -2.54. The number of benzene rings is 1. The van der Waals surface area contributed by atoms with Crippen molar-refractivity contribution < 1.29 is 13.6 Å². The molecule has 0 saturated carbocycles. The summed E-state index contributed by atoms with van der Waals surface area (Å²) in [4.78, 5) is 15.6. The lowest BCUT2D eigenvalue weighted by Gasteiger charge is -2.06. The maximum absolute atomic E-state index is 13.0. The van der Waals surface area contributed by atoms with Gasteiger partial charge in [0.05, 0.1) is 5.56 Å². The lowest BCUT2D eigenvalue weighted by atomic mass is 10.2. The smallest absolute Gasteiger partial charge is 0.257 e. The number of anilines is 2. The molecule has 0 fully saturated rings. The Bertz CT molecular complexity index is 581. The molecule has 2 rings (SSSR count). The molecule has 98 valence electrons. The number of nitrogens with zero attached hydrogens (tertiary/aromatic N) is 1. The third kappa shape index (κ3) is 3.23. The van der Waals surface area contributed by atoms with E-state index in [1.807, 2.05) is 0 Å². The van der Waals surface area contributed by atoms with Gasteiger partial charge in [-0.1, -0.05) is 0 Å². The van der Waals surface area contributed by atoms with Crippen molar-refractivity contribution in [2.75, 3.05) is 10.7 Å². The van der Waals surface area contributed by atoms with Gasteiger partial charge in [-0.05, 0) is 24.3 Å². The van der Waals surface area contributed by atoms with Crippen LogP contribution >= 0.6 is 0 Å². The van der Waals surface area contributed by atoms with E-state index in [-0.39, 0.29) is 11.3 Å². The van der Waals surface area contributed by atoms with Gasteiger partial charge in [0.1, 0.15) is 17.5 Å². The monoisotopic (exact) mass is 264 g/mol. The number of hydrogen-bond acceptors (Lipinski definition) is 4. The maximum atomic E-state index is 13.0. The molecule has 0 radical (unpaired) electrons. The highest BCUT2D eigenvalue weighted by atomic mass is 19.1. The minimum Gasteiger partial charge on any atom is -0.322 e. The van der Waals surface area contributed by atoms with Gasteiger partial charge >= 0.3 is 0 Å². The van der Waals surface area contributed by atoms with Crippen LogP contribution in [0.4, 0.5) is 20.3 Å². The topological polar surface area (TPSA) is 80.0 Å². The third-order valence-electron chi connectivity index (χ3n) is 2.29. The Morgan fingerprint density at radius 2 is 1.84 bits per heavy atom. The fourth-order valence-electron chi connectivity index (χ4n) is 1.44. The summed E-state index contributed by atoms with van der Waals surface area (Å²) in [5.41, 5.74) is 2.59. The Labute approximate surface area is 107 Å². The molecule has 2 aromatic rings. The summed E-state index contributed by atoms with van der Waals surface area (Å²) >= 11 is 0. The molecule has 1 aromatic carbocycles. The molecule has 7 heteroatoms. The molecule has 0 unspecified atom stereocenters. The second kappa shape index (κ2) is 5.40. The fraction of sp³-hybridized carbons (Fsp3) is 0. The number of hydrogen-bond donors (Lipinski definition) is 3. The standard InChI is InChI=1S/C12H10F2N4O/c13-8-3-9(14)5-10(4-8)17-12(19)7-1-2-11(18-15)16-6-7/h1-6H,15H2,(H,16,18)(H,17,19). The minimum absolute atomic E-state index is 0.0310. The van der Waals surface area contributed by atoms with Crippen LogP contribution in [0.15, 0.2) is 36.5 Å². The van der Waals surface area contributed by atoms with Crippen LogP contribution in [0.1, 0.15) is 10.4 Å². The largest absolute Gasteiger partial charge is 0.322 e. The Balaban J connectivity index is 2.15. The van der Waals surface area contributed by atoms with E-state index in [1.165, 1.54) is 18.3 Å². The highest BCUT2D eigenvalue weighted by Gasteiger charge is 2.08. The van der Waals surface area contributed by atoms with E-state index in [9.17, 15) is 13.6 Å². The summed E-state index contributed by atoms with van der Waals surface area (Å²) in [5, 5.41) is 2.37. The summed E-state index contributed by atoms with van der Waals surface area (Å²) < 4.78 is 25.9. The van der Waals surface area contributed by atoms with Crippen molar-refractivity contribution in [1.29, 1.82) is 0 Å². The number of amides is 1. The molecule has 0 atom stereocenters. The van der Waals surface area contributed by atoms with Crippen LogP contribution in [0.3, 0.4) is 0 Å². The second-order valence-electron chi connectivity index (χ2n) is 3.69. The highest BCUT2D eigenvalue weighted by Crippen LogP contribution is 2.14. The summed E-state index contributed by atoms with van der Waals surface area (Å²) in [7, 11) is 0. The van der Waals surface area contributed by atoms with Crippen LogP contribution in [0.2, 0.25) is 0 Å². The Morgan fingerprint density at radius 3 is 2.37 bits per heavy atom. The molecule has 0 spiro atoms. The van der Waals surface area contributed by atoms with Crippen molar-refractivity contribution in [3.63, 3.8) is 0 Å². The van der Waals surface area contributed by atoms with Gasteiger partial charge in [0, 0.05) is 18.0 Å². The van der Waals surface area contributed by atoms with Crippen LogP contribution in [0.5, 0.6) is 0 Å². The summed E-state index contributed by atoms with van der Waals surface area (Å²) in [5.74, 6) is 3.47. The molecule has 0 aliphatic rings. The van der Waals surface area contributed by atoms with Gasteiger partial charge in [-0.25, -0.2) is 19.6 Å². The van der Waals surface area contributed by atoms with Gasteiger partial charge in [-0.3, -0.25) is 4.79 Å². The summed E-state index contributed by atoms with van der Waals surface area (Å²) in [6, 6.07) is 5.74. The number of halogens is 2. The number of aromatic nitrogens is 1. The SMILES string of the molecule is NNc1ccc(C(=O)Nc2cc(F)cc(F)c2)cn1. The average molecular weight is 264 g/mol. The van der Waals surface area contributed by atoms with Gasteiger partial charge in [-0.2, -0.15) is 0 Å². The van der Waals surface area contributed by atoms with Gasteiger partial charge in [-0.15, -0.1) is 0 Å². The molecular weight excluding hydrogens is 254 g/mol. The Morgan fingerprint density at radius 1 is 1.16 bits per heavy atom. The number of nitrogens with two attached hydrogens (primary N) is 1. The lowest BCUT2D eigenvalue weighted by Crippen LogP contribution is -2.14. The number of pyridine rings is 1. The first-order valence-corrected chi connectivity index (χ1v) is 5.28. The van der Waals surface area contributed by atoms with Crippen LogP contribution in [-0.2, 0) is 0 Å². The van der Waals surface area contributed by atoms with Crippen LogP contribution in [0.25, 0.3) is 0 Å². The van der Waals surface area contributed by atoms with E-state index in [4.69, 9.17) is 5.84 Å². The van der Waals surface area contributed by atoms with E-state index in [0.717, 1.165) is 18.2 Å². The number of rotatable bonds is 3. The van der Waals surface area contributed by atoms with E-state index < -0.39 is 17.5 Å². The van der Waals surface area contributed by atoms with E-state index in [1.54, 1.807) is 0 Å². The summed E-state index contributed by atoms with van der Waals surface area (Å²) in [6.45, 7) is 0. The van der Waals surface area contributed by atoms with Crippen LogP contribution < -0.4 is 16.6 Å². The van der Waals surface area contributed by atoms with Crippen LogP contribution in [0, 0.1) is 11.6 Å². The molecule has 19 heavy (non-hydrogen) atoms. The zero-order valence-corrected chi connectivity index (χ0v) is 9.65. The van der Waals surface area contributed by atoms with Crippen molar-refractivity contribution in [3.8, 4) is 0 Å². The molecule has 0 bridgehead atoms. The van der Waals surface area contributed by atoms with E-state index in [2.05, 4.69) is 15.7 Å². The molecule has 1 aromatic heterocycles. The minimum atomic E-state index is -0.767. The van der Waals surface area contributed by atoms with Gasteiger partial charge < -0.3 is 10.7 Å². The van der Waals surface area contributed by atoms with Gasteiger partial charge in [0.25, 0.3) is 5.91 Å². The number of nitrogens with one attached hydrogen (secondary N) is 2. The predicted molar refractivity (Wildman–Crippen MR) is 66.4 cm³/mol. The van der Waals surface area contributed by atoms with Gasteiger partial charge in [0.2, 0.25) is 0 Å². The molecule has 0 aliphatic heterocycles. The molecule has 0 saturated heterocycles. The first kappa shape index (κ1) is 12.9. The maximum Gasteiger partial charge on any atom is 0.257 e. The van der Waals surface area contributed by atoms with Crippen molar-refractivity contribution in [1.82, 2.24) is 4.98 Å².